The van der Waals surface area contributed by atoms with E-state index >= 15 is 0 Å². The molecule has 4 heteroatoms. The summed E-state index contributed by atoms with van der Waals surface area (Å²) in [6.07, 6.45) is 0. The Morgan fingerprint density at radius 1 is 1.14 bits per heavy atom. The van der Waals surface area contributed by atoms with Gasteiger partial charge in [-0.25, -0.2) is 0 Å². The molecule has 0 saturated heterocycles. The molecular formula is C17H18N2O2. The van der Waals surface area contributed by atoms with Gasteiger partial charge in [0.2, 0.25) is 5.91 Å². The van der Waals surface area contributed by atoms with Gasteiger partial charge >= 0.3 is 0 Å². The summed E-state index contributed by atoms with van der Waals surface area (Å²) in [5.41, 5.74) is 3.96. The summed E-state index contributed by atoms with van der Waals surface area (Å²) in [5, 5.41) is 14.4. The number of carbonyl (C=O) groups is 1. The van der Waals surface area contributed by atoms with E-state index in [9.17, 15) is 9.90 Å². The molecule has 0 saturated carbocycles. The van der Waals surface area contributed by atoms with E-state index in [2.05, 4.69) is 16.8 Å². The minimum atomic E-state index is -0.0790. The van der Waals surface area contributed by atoms with Gasteiger partial charge in [0.15, 0.2) is 0 Å². The number of fused-ring (bicyclic) bond motifs is 3. The Hall–Kier alpha value is -2.33. The molecule has 3 aromatic rings. The van der Waals surface area contributed by atoms with Gasteiger partial charge in [0.1, 0.15) is 0 Å². The lowest BCUT2D eigenvalue weighted by Crippen LogP contribution is -2.05. The highest BCUT2D eigenvalue weighted by Crippen LogP contribution is 2.31. The van der Waals surface area contributed by atoms with E-state index in [1.165, 1.54) is 6.92 Å². The molecule has 0 fully saturated rings. The number of nitrogens with one attached hydrogen (secondary N) is 1. The number of aryl methyl sites for hydroxylation is 1. The van der Waals surface area contributed by atoms with Gasteiger partial charge in [0, 0.05) is 41.0 Å². The molecule has 3 rings (SSSR count). The lowest BCUT2D eigenvalue weighted by atomic mass is 10.1. The van der Waals surface area contributed by atoms with Crippen molar-refractivity contribution in [3.05, 3.63) is 42.0 Å². The first kappa shape index (κ1) is 13.6. The zero-order chi connectivity index (χ0) is 15.0. The molecule has 0 radical (unpaired) electrons. The van der Waals surface area contributed by atoms with Gasteiger partial charge in [-0.3, -0.25) is 4.79 Å². The van der Waals surface area contributed by atoms with Crippen LogP contribution in [0, 0.1) is 0 Å². The summed E-state index contributed by atoms with van der Waals surface area (Å²) in [7, 11) is 0. The molecule has 0 atom stereocenters. The van der Waals surface area contributed by atoms with Crippen LogP contribution in [-0.2, 0) is 17.9 Å². The van der Waals surface area contributed by atoms with Crippen molar-refractivity contribution in [3.8, 4) is 0 Å². The number of anilines is 1. The van der Waals surface area contributed by atoms with Crippen molar-refractivity contribution >= 4 is 33.4 Å². The fourth-order valence-corrected chi connectivity index (χ4v) is 2.87. The molecule has 2 N–H and O–H groups in total. The zero-order valence-electron chi connectivity index (χ0n) is 12.2. The second kappa shape index (κ2) is 5.22. The maximum Gasteiger partial charge on any atom is 0.221 e. The third kappa shape index (κ3) is 2.28. The fraction of sp³-hybridized carbons (Fsp3) is 0.235. The lowest BCUT2D eigenvalue weighted by molar-refractivity contribution is -0.114. The first-order valence-corrected chi connectivity index (χ1v) is 7.07. The van der Waals surface area contributed by atoms with Gasteiger partial charge in [-0.2, -0.15) is 0 Å². The number of aliphatic hydroxyl groups excluding tert-OH is 1. The number of hydrogen-bond acceptors (Lipinski definition) is 2. The number of amides is 1. The van der Waals surface area contributed by atoms with Crippen molar-refractivity contribution in [2.24, 2.45) is 0 Å². The highest BCUT2D eigenvalue weighted by Gasteiger charge is 2.11. The third-order valence-corrected chi connectivity index (χ3v) is 3.75. The average molecular weight is 282 g/mol. The van der Waals surface area contributed by atoms with Crippen LogP contribution in [0.2, 0.25) is 0 Å². The molecule has 4 nitrogen and oxygen atoms in total. The maximum absolute atomic E-state index is 11.2. The second-order valence-corrected chi connectivity index (χ2v) is 5.17. The van der Waals surface area contributed by atoms with Gasteiger partial charge in [0.05, 0.1) is 6.61 Å². The second-order valence-electron chi connectivity index (χ2n) is 5.17. The molecule has 1 aromatic heterocycles. The Bertz CT molecular complexity index is 834. The van der Waals surface area contributed by atoms with Crippen LogP contribution in [0.25, 0.3) is 21.8 Å². The molecule has 0 aliphatic heterocycles. The molecule has 0 aliphatic carbocycles. The van der Waals surface area contributed by atoms with E-state index in [0.717, 1.165) is 39.6 Å². The topological polar surface area (TPSA) is 54.3 Å². The lowest BCUT2D eigenvalue weighted by Gasteiger charge is -2.04. The third-order valence-electron chi connectivity index (χ3n) is 3.75. The highest BCUT2D eigenvalue weighted by atomic mass is 16.3. The minimum Gasteiger partial charge on any atom is -0.392 e. The van der Waals surface area contributed by atoms with Gasteiger partial charge in [0.25, 0.3) is 0 Å². The first-order valence-electron chi connectivity index (χ1n) is 7.07. The van der Waals surface area contributed by atoms with Crippen LogP contribution in [0.1, 0.15) is 19.4 Å². The Morgan fingerprint density at radius 2 is 1.81 bits per heavy atom. The number of carbonyl (C=O) groups excluding carboxylic acids is 1. The van der Waals surface area contributed by atoms with E-state index in [1.807, 2.05) is 36.4 Å². The van der Waals surface area contributed by atoms with Gasteiger partial charge in [-0.1, -0.05) is 6.07 Å². The number of nitrogens with zero attached hydrogens (tertiary/aromatic N) is 1. The number of hydrogen-bond donors (Lipinski definition) is 2. The summed E-state index contributed by atoms with van der Waals surface area (Å²) >= 11 is 0. The Morgan fingerprint density at radius 3 is 2.43 bits per heavy atom. The summed E-state index contributed by atoms with van der Waals surface area (Å²) < 4.78 is 2.24. The van der Waals surface area contributed by atoms with Gasteiger partial charge < -0.3 is 15.0 Å². The molecule has 1 amide bonds. The predicted molar refractivity (Wildman–Crippen MR) is 85.3 cm³/mol. The SMILES string of the molecule is CCn1c2ccc(CO)cc2c2cc(NC(C)=O)ccc21. The van der Waals surface area contributed by atoms with E-state index in [0.29, 0.717) is 0 Å². The van der Waals surface area contributed by atoms with E-state index in [4.69, 9.17) is 0 Å². The van der Waals surface area contributed by atoms with Crippen LogP contribution in [0.3, 0.4) is 0 Å². The van der Waals surface area contributed by atoms with Crippen molar-refractivity contribution in [1.29, 1.82) is 0 Å². The summed E-state index contributed by atoms with van der Waals surface area (Å²) in [6.45, 7) is 4.52. The van der Waals surface area contributed by atoms with Crippen LogP contribution in [0.5, 0.6) is 0 Å². The van der Waals surface area contributed by atoms with Gasteiger partial charge in [-0.05, 0) is 42.8 Å². The van der Waals surface area contributed by atoms with E-state index in [1.54, 1.807) is 0 Å². The molecule has 0 bridgehead atoms. The van der Waals surface area contributed by atoms with Crippen molar-refractivity contribution < 1.29 is 9.90 Å². The van der Waals surface area contributed by atoms with Gasteiger partial charge in [-0.15, -0.1) is 0 Å². The predicted octanol–water partition coefficient (Wildman–Crippen LogP) is 3.27. The van der Waals surface area contributed by atoms with Crippen molar-refractivity contribution in [2.45, 2.75) is 27.0 Å². The first-order chi connectivity index (χ1) is 10.1. The average Bonchev–Trinajstić information content (AvgIpc) is 2.79. The Labute approximate surface area is 123 Å². The van der Waals surface area contributed by atoms with Crippen LogP contribution in [0.15, 0.2) is 36.4 Å². The number of rotatable bonds is 3. The van der Waals surface area contributed by atoms with Crippen molar-refractivity contribution in [3.63, 3.8) is 0 Å². The van der Waals surface area contributed by atoms with E-state index < -0.39 is 0 Å². The molecule has 108 valence electrons. The molecule has 0 spiro atoms. The maximum atomic E-state index is 11.2. The monoisotopic (exact) mass is 282 g/mol. The fourth-order valence-electron chi connectivity index (χ4n) is 2.87. The molecule has 21 heavy (non-hydrogen) atoms. The number of aliphatic hydroxyl groups is 1. The Kier molecular flexibility index (Phi) is 3.39. The van der Waals surface area contributed by atoms with Crippen LogP contribution >= 0.6 is 0 Å². The highest BCUT2D eigenvalue weighted by molar-refractivity contribution is 6.10. The molecule has 1 heterocycles. The van der Waals surface area contributed by atoms with E-state index in [-0.39, 0.29) is 12.5 Å². The summed E-state index contributed by atoms with van der Waals surface area (Å²) in [6, 6.07) is 11.9. The minimum absolute atomic E-state index is 0.0279. The normalized spacial score (nSPS) is 11.2. The molecular weight excluding hydrogens is 264 g/mol. The van der Waals surface area contributed by atoms with Crippen LogP contribution < -0.4 is 5.32 Å². The smallest absolute Gasteiger partial charge is 0.221 e. The largest absolute Gasteiger partial charge is 0.392 e. The quantitative estimate of drug-likeness (QED) is 0.774. The standard InChI is InChI=1S/C17H18N2O2/c1-3-19-16-6-4-12(10-20)8-14(16)15-9-13(18-11(2)21)5-7-17(15)19/h4-9,20H,3,10H2,1-2H3,(H,18,21). The molecule has 2 aromatic carbocycles. The number of aromatic nitrogens is 1. The Balaban J connectivity index is 2.32. The summed E-state index contributed by atoms with van der Waals surface area (Å²) in [4.78, 5) is 11.2. The number of benzene rings is 2. The van der Waals surface area contributed by atoms with Crippen LogP contribution in [0.4, 0.5) is 5.69 Å². The van der Waals surface area contributed by atoms with Crippen molar-refractivity contribution in [1.82, 2.24) is 4.57 Å². The van der Waals surface area contributed by atoms with Crippen molar-refractivity contribution in [2.75, 3.05) is 5.32 Å². The zero-order valence-corrected chi connectivity index (χ0v) is 12.2. The van der Waals surface area contributed by atoms with Crippen LogP contribution in [-0.4, -0.2) is 15.6 Å². The molecule has 0 aliphatic rings. The summed E-state index contributed by atoms with van der Waals surface area (Å²) in [5.74, 6) is -0.0790. The molecule has 0 unspecified atom stereocenters.